The fraction of sp³-hybridized carbons (Fsp3) is 0.278. The first-order chi connectivity index (χ1) is 22.0. The molecule has 0 fully saturated rings. The largest absolute Gasteiger partial charge is 0.494 e. The van der Waals surface area contributed by atoms with Crippen LogP contribution in [0.25, 0.3) is 39.4 Å². The van der Waals surface area contributed by atoms with Crippen molar-refractivity contribution in [3.8, 4) is 39.8 Å². The van der Waals surface area contributed by atoms with E-state index in [1.807, 2.05) is 90.6 Å². The Labute approximate surface area is 266 Å². The lowest BCUT2D eigenvalue weighted by atomic mass is 10.0. The van der Waals surface area contributed by atoms with Crippen molar-refractivity contribution in [2.45, 2.75) is 52.9 Å². The van der Waals surface area contributed by atoms with Gasteiger partial charge < -0.3 is 9.47 Å². The Morgan fingerprint density at radius 3 is 2.33 bits per heavy atom. The van der Waals surface area contributed by atoms with Crippen molar-refractivity contribution >= 4 is 22.4 Å². The van der Waals surface area contributed by atoms with Gasteiger partial charge in [-0.25, -0.2) is 4.68 Å². The van der Waals surface area contributed by atoms with E-state index in [-0.39, 0.29) is 5.56 Å². The molecule has 45 heavy (non-hydrogen) atoms. The molecular weight excluding hydrogens is 582 g/mol. The molecule has 0 bridgehead atoms. The van der Waals surface area contributed by atoms with E-state index in [0.717, 1.165) is 77.2 Å². The summed E-state index contributed by atoms with van der Waals surface area (Å²) in [5.41, 5.74) is 5.15. The van der Waals surface area contributed by atoms with Gasteiger partial charge in [0.1, 0.15) is 17.2 Å². The zero-order chi connectivity index (χ0) is 31.2. The van der Waals surface area contributed by atoms with Crippen molar-refractivity contribution in [3.63, 3.8) is 0 Å². The highest BCUT2D eigenvalue weighted by molar-refractivity contribution is 7.15. The Balaban J connectivity index is 1.32. The molecule has 0 saturated carbocycles. The quantitative estimate of drug-likeness (QED) is 0.126. The van der Waals surface area contributed by atoms with E-state index in [4.69, 9.17) is 14.6 Å². The number of hydrogen-bond donors (Lipinski definition) is 0. The van der Waals surface area contributed by atoms with Gasteiger partial charge in [0.15, 0.2) is 5.82 Å². The predicted octanol–water partition coefficient (Wildman–Crippen LogP) is 7.27. The van der Waals surface area contributed by atoms with Crippen LogP contribution in [0.5, 0.6) is 11.5 Å². The molecule has 6 rings (SSSR count). The van der Waals surface area contributed by atoms with Crippen LogP contribution < -0.4 is 19.6 Å². The summed E-state index contributed by atoms with van der Waals surface area (Å²) in [6, 6.07) is 23.8. The summed E-state index contributed by atoms with van der Waals surface area (Å²) in [7, 11) is 0. The summed E-state index contributed by atoms with van der Waals surface area (Å²) < 4.78 is 15.6. The highest BCUT2D eigenvalue weighted by atomic mass is 32.1. The van der Waals surface area contributed by atoms with Crippen molar-refractivity contribution in [1.29, 1.82) is 0 Å². The van der Waals surface area contributed by atoms with Crippen LogP contribution in [0.2, 0.25) is 0 Å². The second kappa shape index (κ2) is 13.9. The Kier molecular flexibility index (Phi) is 9.35. The molecule has 6 aromatic rings. The number of fused-ring (bicyclic) bond motifs is 1. The van der Waals surface area contributed by atoms with Crippen LogP contribution in [0.4, 0.5) is 0 Å². The summed E-state index contributed by atoms with van der Waals surface area (Å²) in [5.74, 6) is 2.20. The maximum atomic E-state index is 13.5. The molecule has 0 aliphatic rings. The van der Waals surface area contributed by atoms with Gasteiger partial charge >= 0.3 is 0 Å². The summed E-state index contributed by atoms with van der Waals surface area (Å²) in [4.78, 5) is 18.8. The molecule has 8 nitrogen and oxygen atoms in total. The lowest BCUT2D eigenvalue weighted by Gasteiger charge is -2.10. The number of aromatic nitrogens is 5. The molecular formula is C36H37N5O3S. The molecule has 0 unspecified atom stereocenters. The summed E-state index contributed by atoms with van der Waals surface area (Å²) in [6.45, 7) is 7.77. The number of benzene rings is 3. The first-order valence-electron chi connectivity index (χ1n) is 15.6. The topological polar surface area (TPSA) is 83.5 Å². The van der Waals surface area contributed by atoms with Gasteiger partial charge in [0.2, 0.25) is 4.96 Å². The average molecular weight is 620 g/mol. The number of thiazole rings is 1. The molecule has 3 aromatic heterocycles. The lowest BCUT2D eigenvalue weighted by molar-refractivity contribution is 0.306. The summed E-state index contributed by atoms with van der Waals surface area (Å²) >= 11 is 1.32. The van der Waals surface area contributed by atoms with Crippen LogP contribution >= 0.6 is 11.3 Å². The van der Waals surface area contributed by atoms with Gasteiger partial charge in [-0.3, -0.25) is 4.79 Å². The standard InChI is InChI=1S/C36H37N5O3S/c1-4-6-11-21-43-30-17-14-26(15-18-30)34-37-36-41(39-34)35(42)32(45-36)23-28-24-40(29-12-9-8-10-13-29)38-33(28)27-16-19-31(25(3)22-27)44-20-7-5-2/h8-10,12-19,22-24H,4-7,11,20-21H2,1-3H3/b32-23+. The van der Waals surface area contributed by atoms with Crippen LogP contribution in [-0.2, 0) is 0 Å². The fourth-order valence-corrected chi connectivity index (χ4v) is 5.95. The molecule has 0 aliphatic carbocycles. The van der Waals surface area contributed by atoms with Crippen LogP contribution in [-0.4, -0.2) is 37.6 Å². The molecule has 0 aliphatic heterocycles. The first-order valence-corrected chi connectivity index (χ1v) is 16.4. The van der Waals surface area contributed by atoms with Crippen LogP contribution in [0, 0.1) is 6.92 Å². The minimum absolute atomic E-state index is 0.209. The van der Waals surface area contributed by atoms with Crippen molar-refractivity contribution in [2.75, 3.05) is 13.2 Å². The molecule has 3 heterocycles. The molecule has 3 aromatic carbocycles. The third-order valence-corrected chi connectivity index (χ3v) is 8.52. The molecule has 0 amide bonds. The maximum Gasteiger partial charge on any atom is 0.291 e. The van der Waals surface area contributed by atoms with Crippen LogP contribution in [0.1, 0.15) is 57.1 Å². The van der Waals surface area contributed by atoms with E-state index in [1.54, 1.807) is 0 Å². The second-order valence-electron chi connectivity index (χ2n) is 11.0. The van der Waals surface area contributed by atoms with E-state index in [9.17, 15) is 4.79 Å². The number of hydrogen-bond acceptors (Lipinski definition) is 7. The van der Waals surface area contributed by atoms with Crippen molar-refractivity contribution in [3.05, 3.63) is 105 Å². The van der Waals surface area contributed by atoms with Gasteiger partial charge in [0.05, 0.1) is 23.4 Å². The Bertz CT molecular complexity index is 1990. The van der Waals surface area contributed by atoms with Crippen molar-refractivity contribution < 1.29 is 9.47 Å². The molecule has 0 N–H and O–H groups in total. The van der Waals surface area contributed by atoms with Crippen LogP contribution in [0.15, 0.2) is 83.8 Å². The third-order valence-electron chi connectivity index (χ3n) is 7.56. The highest BCUT2D eigenvalue weighted by Crippen LogP contribution is 2.29. The molecule has 0 radical (unpaired) electrons. The molecule has 9 heteroatoms. The minimum atomic E-state index is -0.209. The van der Waals surface area contributed by atoms with Gasteiger partial charge in [-0.1, -0.05) is 62.6 Å². The van der Waals surface area contributed by atoms with Gasteiger partial charge in [-0.2, -0.15) is 14.6 Å². The Morgan fingerprint density at radius 2 is 1.60 bits per heavy atom. The zero-order valence-electron chi connectivity index (χ0n) is 25.9. The maximum absolute atomic E-state index is 13.5. The van der Waals surface area contributed by atoms with E-state index in [1.165, 1.54) is 15.9 Å². The van der Waals surface area contributed by atoms with E-state index in [2.05, 4.69) is 30.0 Å². The van der Waals surface area contributed by atoms with E-state index < -0.39 is 0 Å². The number of rotatable bonds is 13. The number of ether oxygens (including phenoxy) is 2. The smallest absolute Gasteiger partial charge is 0.291 e. The van der Waals surface area contributed by atoms with Gasteiger partial charge in [-0.05, 0) is 86.0 Å². The van der Waals surface area contributed by atoms with Crippen molar-refractivity contribution in [2.24, 2.45) is 0 Å². The highest BCUT2D eigenvalue weighted by Gasteiger charge is 2.16. The summed E-state index contributed by atoms with van der Waals surface area (Å²) in [5, 5.41) is 9.51. The second-order valence-corrected chi connectivity index (χ2v) is 12.0. The number of aryl methyl sites for hydroxylation is 1. The number of unbranched alkanes of at least 4 members (excludes halogenated alkanes) is 3. The Morgan fingerprint density at radius 1 is 0.844 bits per heavy atom. The molecule has 0 spiro atoms. The predicted molar refractivity (Wildman–Crippen MR) is 181 cm³/mol. The average Bonchev–Trinajstić information content (AvgIpc) is 3.76. The normalized spacial score (nSPS) is 11.8. The zero-order valence-corrected chi connectivity index (χ0v) is 26.7. The van der Waals surface area contributed by atoms with Gasteiger partial charge in [0, 0.05) is 22.9 Å². The number of nitrogens with zero attached hydrogens (tertiary/aromatic N) is 5. The summed E-state index contributed by atoms with van der Waals surface area (Å²) in [6.07, 6.45) is 9.30. The Hall–Kier alpha value is -4.76. The minimum Gasteiger partial charge on any atom is -0.494 e. The van der Waals surface area contributed by atoms with E-state index in [0.29, 0.717) is 28.5 Å². The fourth-order valence-electron chi connectivity index (χ4n) is 5.05. The van der Waals surface area contributed by atoms with Crippen molar-refractivity contribution in [1.82, 2.24) is 24.4 Å². The van der Waals surface area contributed by atoms with E-state index >= 15 is 0 Å². The molecule has 230 valence electrons. The van der Waals surface area contributed by atoms with Crippen LogP contribution in [0.3, 0.4) is 0 Å². The molecule has 0 atom stereocenters. The first kappa shape index (κ1) is 30.3. The monoisotopic (exact) mass is 619 g/mol. The molecule has 0 saturated heterocycles. The number of para-hydroxylation sites is 1. The SMILES string of the molecule is CCCCCOc1ccc(-c2nc3s/c(=C/c4cn(-c5ccccc5)nc4-c4ccc(OCCCC)c(C)c4)c(=O)n3n2)cc1. The lowest BCUT2D eigenvalue weighted by Crippen LogP contribution is -2.23. The van der Waals surface area contributed by atoms with Gasteiger partial charge in [0.25, 0.3) is 5.56 Å². The van der Waals surface area contributed by atoms with Gasteiger partial charge in [-0.15, -0.1) is 5.10 Å². The third kappa shape index (κ3) is 6.83.